The molecular formula is C11H14N4O2S. The van der Waals surface area contributed by atoms with Crippen molar-refractivity contribution in [3.8, 4) is 0 Å². The summed E-state index contributed by atoms with van der Waals surface area (Å²) in [6.07, 6.45) is 0. The second-order valence-corrected chi connectivity index (χ2v) is 5.89. The molecule has 0 saturated heterocycles. The Morgan fingerprint density at radius 3 is 2.39 bits per heavy atom. The Labute approximate surface area is 105 Å². The van der Waals surface area contributed by atoms with Crippen LogP contribution in [-0.2, 0) is 9.84 Å². The summed E-state index contributed by atoms with van der Waals surface area (Å²) < 4.78 is 24.9. The Morgan fingerprint density at radius 2 is 1.83 bits per heavy atom. The van der Waals surface area contributed by atoms with Gasteiger partial charge in [0.2, 0.25) is 9.84 Å². The average Bonchev–Trinajstić information content (AvgIpc) is 2.73. The largest absolute Gasteiger partial charge is 0.383 e. The lowest BCUT2D eigenvalue weighted by Gasteiger charge is -2.11. The number of hydrogen-bond acceptors (Lipinski definition) is 5. The number of benzene rings is 1. The normalized spacial score (nSPS) is 11.4. The molecule has 1 aromatic carbocycles. The molecule has 0 fully saturated rings. The summed E-state index contributed by atoms with van der Waals surface area (Å²) in [6, 6.07) is 8.14. The van der Waals surface area contributed by atoms with Gasteiger partial charge in [-0.1, -0.05) is 18.2 Å². The van der Waals surface area contributed by atoms with Gasteiger partial charge >= 0.3 is 0 Å². The summed E-state index contributed by atoms with van der Waals surface area (Å²) in [6.45, 7) is 0. The van der Waals surface area contributed by atoms with Gasteiger partial charge in [0.15, 0.2) is 10.7 Å². The number of aromatic nitrogens is 2. The Kier molecular flexibility index (Phi) is 3.00. The number of rotatable bonds is 3. The van der Waals surface area contributed by atoms with Crippen LogP contribution >= 0.6 is 0 Å². The lowest BCUT2D eigenvalue weighted by atomic mass is 10.4. The minimum atomic E-state index is -3.66. The van der Waals surface area contributed by atoms with Gasteiger partial charge in [0.25, 0.3) is 0 Å². The Morgan fingerprint density at radius 1 is 1.22 bits per heavy atom. The predicted octanol–water partition coefficient (Wildman–Crippen LogP) is 0.891. The maximum Gasteiger partial charge on any atom is 0.213 e. The fourth-order valence-electron chi connectivity index (χ4n) is 1.62. The zero-order valence-electron chi connectivity index (χ0n) is 10.1. The molecule has 0 bridgehead atoms. The molecule has 96 valence electrons. The Bertz CT molecular complexity index is 647. The molecule has 0 unspecified atom stereocenters. The summed E-state index contributed by atoms with van der Waals surface area (Å²) in [5.74, 6) is 0.346. The van der Waals surface area contributed by atoms with Crippen LogP contribution in [0.1, 0.15) is 0 Å². The molecule has 0 amide bonds. The maximum absolute atomic E-state index is 12.5. The molecule has 7 heteroatoms. The summed E-state index contributed by atoms with van der Waals surface area (Å²) in [5.41, 5.74) is 5.68. The molecule has 0 aliphatic carbocycles. The van der Waals surface area contributed by atoms with Crippen molar-refractivity contribution in [2.24, 2.45) is 0 Å². The first-order valence-corrected chi connectivity index (χ1v) is 6.74. The number of anilines is 2. The van der Waals surface area contributed by atoms with Gasteiger partial charge in [-0.2, -0.15) is 5.10 Å². The second kappa shape index (κ2) is 4.34. The van der Waals surface area contributed by atoms with E-state index in [-0.39, 0.29) is 15.6 Å². The fraction of sp³-hybridized carbons (Fsp3) is 0.182. The number of nitrogen functional groups attached to an aromatic ring is 1. The predicted molar refractivity (Wildman–Crippen MR) is 69.2 cm³/mol. The van der Waals surface area contributed by atoms with Crippen LogP contribution < -0.4 is 10.6 Å². The molecule has 0 radical (unpaired) electrons. The number of sulfone groups is 1. The zero-order chi connectivity index (χ0) is 13.3. The van der Waals surface area contributed by atoms with Gasteiger partial charge in [-0.25, -0.2) is 8.42 Å². The molecule has 0 aliphatic heterocycles. The van der Waals surface area contributed by atoms with Crippen LogP contribution in [0.4, 0.5) is 11.6 Å². The molecule has 0 aliphatic rings. The first-order chi connectivity index (χ1) is 8.44. The minimum absolute atomic E-state index is 0.0127. The Hall–Kier alpha value is -2.02. The van der Waals surface area contributed by atoms with Gasteiger partial charge in [0, 0.05) is 14.1 Å². The smallest absolute Gasteiger partial charge is 0.213 e. The number of aromatic amines is 1. The van der Waals surface area contributed by atoms with E-state index in [2.05, 4.69) is 10.2 Å². The number of hydrogen-bond donors (Lipinski definition) is 2. The van der Waals surface area contributed by atoms with Crippen LogP contribution in [-0.4, -0.2) is 32.7 Å². The van der Waals surface area contributed by atoms with E-state index >= 15 is 0 Å². The molecule has 0 saturated carbocycles. The summed E-state index contributed by atoms with van der Waals surface area (Å²) >= 11 is 0. The van der Waals surface area contributed by atoms with Crippen molar-refractivity contribution < 1.29 is 8.42 Å². The first kappa shape index (κ1) is 12.4. The third kappa shape index (κ3) is 1.92. The van der Waals surface area contributed by atoms with Crippen molar-refractivity contribution in [3.63, 3.8) is 0 Å². The van der Waals surface area contributed by atoms with Crippen molar-refractivity contribution in [3.05, 3.63) is 30.3 Å². The second-order valence-electron chi connectivity index (χ2n) is 4.00. The van der Waals surface area contributed by atoms with Crippen LogP contribution in [0, 0.1) is 0 Å². The minimum Gasteiger partial charge on any atom is -0.383 e. The van der Waals surface area contributed by atoms with E-state index in [0.29, 0.717) is 5.82 Å². The third-order valence-electron chi connectivity index (χ3n) is 2.48. The molecule has 0 atom stereocenters. The molecule has 1 aromatic heterocycles. The van der Waals surface area contributed by atoms with Gasteiger partial charge in [0.05, 0.1) is 4.90 Å². The highest BCUT2D eigenvalue weighted by Crippen LogP contribution is 2.31. The lowest BCUT2D eigenvalue weighted by molar-refractivity contribution is 0.596. The molecule has 3 N–H and O–H groups in total. The van der Waals surface area contributed by atoms with Crippen LogP contribution in [0.3, 0.4) is 0 Å². The number of nitrogens with one attached hydrogen (secondary N) is 1. The SMILES string of the molecule is CN(C)c1n[nH]c(N)c1S(=O)(=O)c1ccccc1. The van der Waals surface area contributed by atoms with E-state index in [1.165, 1.54) is 12.1 Å². The molecule has 2 rings (SSSR count). The Balaban J connectivity index is 2.66. The quantitative estimate of drug-likeness (QED) is 0.860. The maximum atomic E-state index is 12.5. The highest BCUT2D eigenvalue weighted by atomic mass is 32.2. The molecular weight excluding hydrogens is 252 g/mol. The summed E-state index contributed by atoms with van der Waals surface area (Å²) in [7, 11) is -0.246. The molecule has 18 heavy (non-hydrogen) atoms. The van der Waals surface area contributed by atoms with Crippen molar-refractivity contribution in [1.82, 2.24) is 10.2 Å². The fourth-order valence-corrected chi connectivity index (χ4v) is 3.18. The van der Waals surface area contributed by atoms with E-state index < -0.39 is 9.84 Å². The monoisotopic (exact) mass is 266 g/mol. The van der Waals surface area contributed by atoms with Crippen molar-refractivity contribution >= 4 is 21.5 Å². The molecule has 6 nitrogen and oxygen atoms in total. The highest BCUT2D eigenvalue weighted by molar-refractivity contribution is 7.91. The lowest BCUT2D eigenvalue weighted by Crippen LogP contribution is -2.14. The van der Waals surface area contributed by atoms with E-state index in [4.69, 9.17) is 5.73 Å². The van der Waals surface area contributed by atoms with Crippen molar-refractivity contribution in [2.45, 2.75) is 9.79 Å². The van der Waals surface area contributed by atoms with Gasteiger partial charge < -0.3 is 10.6 Å². The standard InChI is InChI=1S/C11H14N4O2S/c1-15(2)11-9(10(12)13-14-11)18(16,17)8-6-4-3-5-7-8/h3-7H,1-2H3,(H3,12,13,14). The molecule has 1 heterocycles. The van der Waals surface area contributed by atoms with Gasteiger partial charge in [-0.3, -0.25) is 5.10 Å². The summed E-state index contributed by atoms with van der Waals surface area (Å²) in [5, 5.41) is 6.41. The van der Waals surface area contributed by atoms with Crippen molar-refractivity contribution in [2.75, 3.05) is 24.7 Å². The summed E-state index contributed by atoms with van der Waals surface area (Å²) in [4.78, 5) is 1.81. The molecule has 0 spiro atoms. The van der Waals surface area contributed by atoms with E-state index in [9.17, 15) is 8.42 Å². The highest BCUT2D eigenvalue weighted by Gasteiger charge is 2.27. The van der Waals surface area contributed by atoms with E-state index in [1.807, 2.05) is 0 Å². The first-order valence-electron chi connectivity index (χ1n) is 5.26. The van der Waals surface area contributed by atoms with E-state index in [1.54, 1.807) is 37.2 Å². The van der Waals surface area contributed by atoms with Crippen LogP contribution in [0.25, 0.3) is 0 Å². The van der Waals surface area contributed by atoms with Crippen LogP contribution in [0.15, 0.2) is 40.1 Å². The van der Waals surface area contributed by atoms with Gasteiger partial charge in [-0.15, -0.1) is 0 Å². The average molecular weight is 266 g/mol. The zero-order valence-corrected chi connectivity index (χ0v) is 10.9. The number of nitrogens with two attached hydrogens (primary N) is 1. The topological polar surface area (TPSA) is 92.1 Å². The molecule has 2 aromatic rings. The number of nitrogens with zero attached hydrogens (tertiary/aromatic N) is 2. The van der Waals surface area contributed by atoms with Crippen molar-refractivity contribution in [1.29, 1.82) is 0 Å². The van der Waals surface area contributed by atoms with Crippen LogP contribution in [0.5, 0.6) is 0 Å². The third-order valence-corrected chi connectivity index (χ3v) is 4.31. The van der Waals surface area contributed by atoms with Gasteiger partial charge in [-0.05, 0) is 12.1 Å². The van der Waals surface area contributed by atoms with Gasteiger partial charge in [0.1, 0.15) is 5.82 Å². The van der Waals surface area contributed by atoms with E-state index in [0.717, 1.165) is 0 Å². The number of H-pyrrole nitrogens is 1. The van der Waals surface area contributed by atoms with Crippen LogP contribution in [0.2, 0.25) is 0 Å².